The first-order valence-electron chi connectivity index (χ1n) is 2.87. The van der Waals surface area contributed by atoms with Crippen LogP contribution >= 0.6 is 0 Å². The highest BCUT2D eigenvalue weighted by atomic mass is 19.1. The summed E-state index contributed by atoms with van der Waals surface area (Å²) in [4.78, 5) is 0. The Balaban J connectivity index is 2.74. The van der Waals surface area contributed by atoms with E-state index in [1.165, 1.54) is 12.2 Å². The average Bonchev–Trinajstić information content (AvgIpc) is 1.80. The molecule has 1 aliphatic rings. The number of allylic oxidation sites excluding steroid dienone is 4. The molecule has 0 spiro atoms. The Morgan fingerprint density at radius 2 is 2.22 bits per heavy atom. The maximum absolute atomic E-state index is 12.5. The van der Waals surface area contributed by atoms with Gasteiger partial charge >= 0.3 is 0 Å². The molecule has 1 atom stereocenters. The van der Waals surface area contributed by atoms with Crippen LogP contribution in [0.2, 0.25) is 0 Å². The van der Waals surface area contributed by atoms with Gasteiger partial charge in [0, 0.05) is 6.42 Å². The van der Waals surface area contributed by atoms with Crippen LogP contribution in [-0.4, -0.2) is 6.17 Å². The Morgan fingerprint density at radius 1 is 1.56 bits per heavy atom. The minimum Gasteiger partial charge on any atom is -0.242 e. The molecule has 0 nitrogen and oxygen atoms in total. The monoisotopic (exact) mass is 130 g/mol. The van der Waals surface area contributed by atoms with Crippen molar-refractivity contribution in [2.75, 3.05) is 0 Å². The van der Waals surface area contributed by atoms with Crippen LogP contribution in [0.4, 0.5) is 8.78 Å². The second-order valence-electron chi connectivity index (χ2n) is 2.20. The highest BCUT2D eigenvalue weighted by Crippen LogP contribution is 2.21. The molecule has 0 aromatic carbocycles. The highest BCUT2D eigenvalue weighted by Gasteiger charge is 2.14. The molecule has 0 heterocycles. The van der Waals surface area contributed by atoms with E-state index >= 15 is 0 Å². The molecule has 1 rings (SSSR count). The topological polar surface area (TPSA) is 0 Å². The minimum absolute atomic E-state index is 0.0810. The second-order valence-corrected chi connectivity index (χ2v) is 2.20. The molecule has 0 aliphatic heterocycles. The quantitative estimate of drug-likeness (QED) is 0.472. The van der Waals surface area contributed by atoms with Gasteiger partial charge < -0.3 is 0 Å². The van der Waals surface area contributed by atoms with E-state index in [4.69, 9.17) is 0 Å². The van der Waals surface area contributed by atoms with Crippen molar-refractivity contribution in [1.29, 1.82) is 0 Å². The summed E-state index contributed by atoms with van der Waals surface area (Å²) in [5.41, 5.74) is 0.608. The predicted octanol–water partition coefficient (Wildman–Crippen LogP) is 2.53. The Kier molecular flexibility index (Phi) is 1.65. The molecule has 0 radical (unpaired) electrons. The van der Waals surface area contributed by atoms with Crippen LogP contribution in [0.3, 0.4) is 0 Å². The first-order chi connectivity index (χ1) is 4.20. The lowest BCUT2D eigenvalue weighted by atomic mass is 10.0. The van der Waals surface area contributed by atoms with Crippen molar-refractivity contribution >= 4 is 0 Å². The second kappa shape index (κ2) is 2.29. The third kappa shape index (κ3) is 1.37. The van der Waals surface area contributed by atoms with E-state index in [9.17, 15) is 8.78 Å². The Bertz CT molecular complexity index is 168. The van der Waals surface area contributed by atoms with Crippen molar-refractivity contribution in [3.05, 3.63) is 23.6 Å². The van der Waals surface area contributed by atoms with Gasteiger partial charge in [-0.1, -0.05) is 6.08 Å². The number of alkyl halides is 1. The van der Waals surface area contributed by atoms with E-state index < -0.39 is 6.17 Å². The summed E-state index contributed by atoms with van der Waals surface area (Å²) in [7, 11) is 0. The maximum Gasteiger partial charge on any atom is 0.127 e. The smallest absolute Gasteiger partial charge is 0.127 e. The predicted molar refractivity (Wildman–Crippen MR) is 32.5 cm³/mol. The van der Waals surface area contributed by atoms with E-state index in [1.54, 1.807) is 6.92 Å². The minimum atomic E-state index is -1.10. The SMILES string of the molecule is CC1=CC=C(F)CC1F. The molecule has 0 aromatic rings. The molecule has 0 saturated carbocycles. The molecular weight excluding hydrogens is 122 g/mol. The fourth-order valence-electron chi connectivity index (χ4n) is 0.727. The number of halogens is 2. The average molecular weight is 130 g/mol. The van der Waals surface area contributed by atoms with Gasteiger partial charge in [-0.2, -0.15) is 0 Å². The summed E-state index contributed by atoms with van der Waals surface area (Å²) < 4.78 is 24.7. The van der Waals surface area contributed by atoms with Gasteiger partial charge in [0.1, 0.15) is 12.0 Å². The van der Waals surface area contributed by atoms with Crippen molar-refractivity contribution in [3.8, 4) is 0 Å². The molecule has 9 heavy (non-hydrogen) atoms. The lowest BCUT2D eigenvalue weighted by molar-refractivity contribution is 0.352. The van der Waals surface area contributed by atoms with Crippen LogP contribution in [0, 0.1) is 0 Å². The van der Waals surface area contributed by atoms with Gasteiger partial charge in [-0.25, -0.2) is 8.78 Å². The lowest BCUT2D eigenvalue weighted by Gasteiger charge is -2.09. The summed E-state index contributed by atoms with van der Waals surface area (Å²) >= 11 is 0. The van der Waals surface area contributed by atoms with Gasteiger partial charge in [-0.3, -0.25) is 0 Å². The van der Waals surface area contributed by atoms with Gasteiger partial charge in [0.25, 0.3) is 0 Å². The summed E-state index contributed by atoms with van der Waals surface area (Å²) in [6, 6.07) is 0. The normalized spacial score (nSPS) is 27.2. The van der Waals surface area contributed by atoms with Gasteiger partial charge in [0.2, 0.25) is 0 Å². The van der Waals surface area contributed by atoms with Crippen LogP contribution in [0.25, 0.3) is 0 Å². The molecule has 0 amide bonds. The molecule has 1 unspecified atom stereocenters. The number of hydrogen-bond acceptors (Lipinski definition) is 0. The van der Waals surface area contributed by atoms with Gasteiger partial charge in [0.05, 0.1) is 0 Å². The van der Waals surface area contributed by atoms with Gasteiger partial charge in [-0.05, 0) is 18.6 Å². The van der Waals surface area contributed by atoms with Crippen molar-refractivity contribution in [2.24, 2.45) is 0 Å². The van der Waals surface area contributed by atoms with Crippen molar-refractivity contribution in [2.45, 2.75) is 19.5 Å². The molecule has 50 valence electrons. The van der Waals surface area contributed by atoms with Crippen LogP contribution < -0.4 is 0 Å². The summed E-state index contributed by atoms with van der Waals surface area (Å²) in [5, 5.41) is 0. The largest absolute Gasteiger partial charge is 0.242 e. The zero-order chi connectivity index (χ0) is 6.85. The van der Waals surface area contributed by atoms with E-state index in [1.807, 2.05) is 0 Å². The lowest BCUT2D eigenvalue weighted by Crippen LogP contribution is -2.04. The summed E-state index contributed by atoms with van der Waals surface area (Å²) in [6.07, 6.45) is 1.60. The Labute approximate surface area is 52.9 Å². The van der Waals surface area contributed by atoms with Gasteiger partial charge in [-0.15, -0.1) is 0 Å². The molecule has 0 bridgehead atoms. The zero-order valence-corrected chi connectivity index (χ0v) is 5.20. The highest BCUT2D eigenvalue weighted by molar-refractivity contribution is 5.22. The van der Waals surface area contributed by atoms with E-state index in [2.05, 4.69) is 0 Å². The maximum atomic E-state index is 12.5. The molecule has 0 N–H and O–H groups in total. The van der Waals surface area contributed by atoms with E-state index in [0.717, 1.165) is 0 Å². The van der Waals surface area contributed by atoms with Crippen molar-refractivity contribution in [3.63, 3.8) is 0 Å². The summed E-state index contributed by atoms with van der Waals surface area (Å²) in [6.45, 7) is 1.66. The van der Waals surface area contributed by atoms with Crippen LogP contribution in [0.15, 0.2) is 23.6 Å². The Morgan fingerprint density at radius 3 is 2.67 bits per heavy atom. The molecule has 0 saturated heterocycles. The fourth-order valence-corrected chi connectivity index (χ4v) is 0.727. The van der Waals surface area contributed by atoms with Crippen molar-refractivity contribution < 1.29 is 8.78 Å². The van der Waals surface area contributed by atoms with Crippen LogP contribution in [0.1, 0.15) is 13.3 Å². The third-order valence-corrected chi connectivity index (χ3v) is 1.40. The van der Waals surface area contributed by atoms with Crippen molar-refractivity contribution in [1.82, 2.24) is 0 Å². The fraction of sp³-hybridized carbons (Fsp3) is 0.429. The molecule has 0 aromatic heterocycles. The Hall–Kier alpha value is -0.660. The summed E-state index contributed by atoms with van der Waals surface area (Å²) in [5.74, 6) is -0.367. The third-order valence-electron chi connectivity index (χ3n) is 1.40. The van der Waals surface area contributed by atoms with Gasteiger partial charge in [0.15, 0.2) is 0 Å². The molecule has 0 fully saturated rings. The molecular formula is C7H8F2. The van der Waals surface area contributed by atoms with Crippen LogP contribution in [-0.2, 0) is 0 Å². The standard InChI is InChI=1S/C7H8F2/c1-5-2-3-6(8)4-7(5)9/h2-3,7H,4H2,1H3. The first-order valence-corrected chi connectivity index (χ1v) is 2.87. The zero-order valence-electron chi connectivity index (χ0n) is 5.20. The molecule has 1 aliphatic carbocycles. The van der Waals surface area contributed by atoms with E-state index in [-0.39, 0.29) is 12.2 Å². The molecule has 2 heteroatoms. The van der Waals surface area contributed by atoms with E-state index in [0.29, 0.717) is 5.57 Å². The number of hydrogen-bond donors (Lipinski definition) is 0. The number of rotatable bonds is 0. The first kappa shape index (κ1) is 6.46. The van der Waals surface area contributed by atoms with Crippen LogP contribution in [0.5, 0.6) is 0 Å².